The van der Waals surface area contributed by atoms with Crippen molar-refractivity contribution in [2.24, 2.45) is 40.3 Å². The van der Waals surface area contributed by atoms with Crippen LogP contribution in [0.25, 0.3) is 33.4 Å². The normalized spacial score (nSPS) is 33.7. The smallest absolute Gasteiger partial charge is 0.336 e. The summed E-state index contributed by atoms with van der Waals surface area (Å²) in [6.07, 6.45) is -18.3. The molecule has 2 aromatic carbocycles. The number of hydrogen-bond acceptors (Lipinski definition) is 26. The summed E-state index contributed by atoms with van der Waals surface area (Å²) >= 11 is 2.49. The molecule has 8 rings (SSSR count). The number of ether oxygens (including phenoxy) is 6. The molecule has 0 aromatic heterocycles. The van der Waals surface area contributed by atoms with Gasteiger partial charge in [0.05, 0.1) is 54.4 Å². The minimum atomic E-state index is -1.62. The lowest BCUT2D eigenvalue weighted by atomic mass is 9.84. The van der Waals surface area contributed by atoms with E-state index in [1.807, 2.05) is 0 Å². The highest BCUT2D eigenvalue weighted by Gasteiger charge is 2.54. The van der Waals surface area contributed by atoms with Crippen LogP contribution in [0.1, 0.15) is 23.2 Å². The van der Waals surface area contributed by atoms with Crippen molar-refractivity contribution in [2.75, 3.05) is 54.6 Å². The SMILES string of the molecule is NCC1O[C@H](O[C@@H]2C(N)C[C@@H](N)C(O)C2OC2OC(CSCCNC(=O)CCSCC(=O)Nc3ccc(-c4c5ccc(=O)cc-5oc5cc(O)ccc45)c(C(=O)O)c3)C(O[C@H]3OC(CN)[C@@H](O)C(CO)C3N)C2O)C(N)C(O)[C@@H]1O. The van der Waals surface area contributed by atoms with Crippen molar-refractivity contribution in [1.29, 1.82) is 0 Å². The van der Waals surface area contributed by atoms with Gasteiger partial charge in [-0.25, -0.2) is 4.79 Å². The van der Waals surface area contributed by atoms with Crippen LogP contribution >= 0.6 is 23.5 Å². The number of aromatic hydroxyl groups is 1. The van der Waals surface area contributed by atoms with Gasteiger partial charge < -0.3 is 119 Å². The molecule has 0 radical (unpaired) electrons. The number of phenols is 1. The van der Waals surface area contributed by atoms with Crippen LogP contribution in [0, 0.1) is 5.92 Å². The first-order valence-corrected chi connectivity index (χ1v) is 28.2. The predicted molar refractivity (Wildman–Crippen MR) is 290 cm³/mol. The zero-order chi connectivity index (χ0) is 57.7. The highest BCUT2D eigenvalue weighted by atomic mass is 32.2. The van der Waals surface area contributed by atoms with Gasteiger partial charge in [-0.3, -0.25) is 14.4 Å². The number of carbonyl (C=O) groups is 3. The van der Waals surface area contributed by atoms with Crippen molar-refractivity contribution in [3.05, 3.63) is 70.4 Å². The molecule has 27 nitrogen and oxygen atoms in total. The van der Waals surface area contributed by atoms with E-state index < -0.39 is 135 Å². The summed E-state index contributed by atoms with van der Waals surface area (Å²) in [6.45, 7) is -0.694. The van der Waals surface area contributed by atoms with Gasteiger partial charge in [0.15, 0.2) is 24.3 Å². The Bertz CT molecular complexity index is 2810. The Balaban J connectivity index is 0.849. The van der Waals surface area contributed by atoms with E-state index in [0.29, 0.717) is 22.3 Å². The number of aromatic carboxylic acids is 1. The minimum absolute atomic E-state index is 0.0457. The number of carbonyl (C=O) groups excluding carboxylic acids is 2. The average Bonchev–Trinajstić information content (AvgIpc) is 3.80. The van der Waals surface area contributed by atoms with Gasteiger partial charge in [-0.1, -0.05) is 6.07 Å². The largest absolute Gasteiger partial charge is 0.508 e. The number of nitrogens with one attached hydrogen (secondary N) is 2. The molecule has 3 saturated heterocycles. The molecule has 2 aromatic rings. The molecule has 1 saturated carbocycles. The highest BCUT2D eigenvalue weighted by Crippen LogP contribution is 2.43. The summed E-state index contributed by atoms with van der Waals surface area (Å²) in [5.74, 6) is -2.19. The number of thioether (sulfide) groups is 2. The number of benzene rings is 3. The summed E-state index contributed by atoms with van der Waals surface area (Å²) < 4.78 is 42.6. The number of fused-ring (bicyclic) bond motifs is 2. The van der Waals surface area contributed by atoms with Crippen LogP contribution in [0.2, 0.25) is 0 Å². The third-order valence-corrected chi connectivity index (χ3v) is 16.6. The third kappa shape index (κ3) is 13.7. The molecule has 2 amide bonds. The molecule has 4 aliphatic heterocycles. The lowest BCUT2D eigenvalue weighted by Gasteiger charge is -2.47. The second kappa shape index (κ2) is 27.1. The molecule has 0 bridgehead atoms. The van der Waals surface area contributed by atoms with Crippen LogP contribution in [0.5, 0.6) is 5.75 Å². The third-order valence-electron chi connectivity index (χ3n) is 14.6. The lowest BCUT2D eigenvalue weighted by Crippen LogP contribution is -2.68. The fraction of sp³-hybridized carbons (Fsp3) is 0.569. The highest BCUT2D eigenvalue weighted by molar-refractivity contribution is 8.00. The summed E-state index contributed by atoms with van der Waals surface area (Å²) in [5, 5.41) is 91.7. The Morgan fingerprint density at radius 2 is 1.36 bits per heavy atom. The van der Waals surface area contributed by atoms with Gasteiger partial charge in [0.2, 0.25) is 11.8 Å². The van der Waals surface area contributed by atoms with Crippen LogP contribution in [0.15, 0.2) is 63.8 Å². The Morgan fingerprint density at radius 3 is 2.08 bits per heavy atom. The molecule has 29 heteroatoms. The van der Waals surface area contributed by atoms with E-state index >= 15 is 0 Å². The van der Waals surface area contributed by atoms with E-state index in [1.165, 1.54) is 66.0 Å². The molecule has 19 atom stereocenters. The molecular weight excluding hydrogens is 1090 g/mol. The first-order chi connectivity index (χ1) is 38.2. The van der Waals surface area contributed by atoms with Crippen LogP contribution in [0.3, 0.4) is 0 Å². The van der Waals surface area contributed by atoms with Crippen molar-refractivity contribution < 1.29 is 88.1 Å². The Morgan fingerprint density at radius 1 is 0.688 bits per heavy atom. The number of amides is 2. The molecular formula is C51H70N8O19S2. The lowest BCUT2D eigenvalue weighted by molar-refractivity contribution is -0.306. The molecule has 2 aliphatic carbocycles. The topological polar surface area (TPSA) is 479 Å². The Kier molecular flexibility index (Phi) is 20.8. The molecule has 22 N–H and O–H groups in total. The van der Waals surface area contributed by atoms with Crippen LogP contribution in [-0.2, 0) is 38.0 Å². The predicted octanol–water partition coefficient (Wildman–Crippen LogP) is -3.75. The number of rotatable bonds is 22. The fourth-order valence-electron chi connectivity index (χ4n) is 10.3. The summed E-state index contributed by atoms with van der Waals surface area (Å²) in [5.41, 5.74) is 38.2. The maximum Gasteiger partial charge on any atom is 0.336 e. The zero-order valence-corrected chi connectivity index (χ0v) is 44.7. The van der Waals surface area contributed by atoms with Gasteiger partial charge in [0.25, 0.3) is 0 Å². The van der Waals surface area contributed by atoms with Gasteiger partial charge in [-0.05, 0) is 48.4 Å². The van der Waals surface area contributed by atoms with Crippen molar-refractivity contribution in [3.63, 3.8) is 0 Å². The van der Waals surface area contributed by atoms with Crippen molar-refractivity contribution in [1.82, 2.24) is 5.32 Å². The van der Waals surface area contributed by atoms with E-state index in [2.05, 4.69) is 10.6 Å². The Hall–Kier alpha value is -4.68. The number of nitrogens with two attached hydrogens (primary N) is 6. The number of aliphatic hydroxyl groups excluding tert-OH is 6. The second-order valence-corrected chi connectivity index (χ2v) is 22.3. The molecule has 4 fully saturated rings. The van der Waals surface area contributed by atoms with Gasteiger partial charge in [-0.2, -0.15) is 23.5 Å². The van der Waals surface area contributed by atoms with Crippen LogP contribution < -0.4 is 50.5 Å². The molecule has 6 aliphatic rings. The van der Waals surface area contributed by atoms with E-state index in [4.69, 9.17) is 67.2 Å². The summed E-state index contributed by atoms with van der Waals surface area (Å²) in [4.78, 5) is 50.7. The van der Waals surface area contributed by atoms with Crippen LogP contribution in [0.4, 0.5) is 5.69 Å². The van der Waals surface area contributed by atoms with E-state index in [1.54, 1.807) is 12.1 Å². The summed E-state index contributed by atoms with van der Waals surface area (Å²) in [6, 6.07) is 8.70. The zero-order valence-electron chi connectivity index (χ0n) is 43.1. The fourth-order valence-corrected chi connectivity index (χ4v) is 11.9. The average molecular weight is 1160 g/mol. The number of anilines is 1. The molecule has 0 spiro atoms. The van der Waals surface area contributed by atoms with Gasteiger partial charge in [-0.15, -0.1) is 0 Å². The minimum Gasteiger partial charge on any atom is -0.508 e. The maximum absolute atomic E-state index is 13.0. The van der Waals surface area contributed by atoms with Gasteiger partial charge in [0.1, 0.15) is 59.8 Å². The summed E-state index contributed by atoms with van der Waals surface area (Å²) in [7, 11) is 0. The number of carboxylic acids is 1. The first-order valence-electron chi connectivity index (χ1n) is 25.9. The van der Waals surface area contributed by atoms with Crippen molar-refractivity contribution in [2.45, 2.75) is 123 Å². The Labute approximate surface area is 466 Å². The number of phenolic OH excluding ortho intramolecular Hbond substituents is 1. The molecule has 440 valence electrons. The van der Waals surface area contributed by atoms with E-state index in [0.717, 1.165) is 0 Å². The van der Waals surface area contributed by atoms with Crippen molar-refractivity contribution in [3.8, 4) is 28.2 Å². The van der Waals surface area contributed by atoms with E-state index in [9.17, 15) is 60.0 Å². The second-order valence-electron chi connectivity index (χ2n) is 20.1. The van der Waals surface area contributed by atoms with E-state index in [-0.39, 0.29) is 95.0 Å². The quantitative estimate of drug-likeness (QED) is 0.0266. The molecule has 13 unspecified atom stereocenters. The first kappa shape index (κ1) is 61.4. The number of hydrogen-bond donors (Lipinski definition) is 16. The molecule has 80 heavy (non-hydrogen) atoms. The maximum atomic E-state index is 13.0. The monoisotopic (exact) mass is 1160 g/mol. The number of carboxylic acid groups (broad SMARTS) is 1. The molecule has 4 heterocycles. The number of aliphatic hydroxyl groups is 6. The van der Waals surface area contributed by atoms with Crippen molar-refractivity contribution >= 4 is 58.0 Å². The van der Waals surface area contributed by atoms with Crippen LogP contribution in [-0.4, -0.2) is 218 Å². The van der Waals surface area contributed by atoms with Gasteiger partial charge >= 0.3 is 5.97 Å². The van der Waals surface area contributed by atoms with Gasteiger partial charge in [0, 0.05) is 95.6 Å². The standard InChI is InChI=1S/C51H70N8O19S2/c52-15-32-40(65)27(17-60)38(56)49(73-32)77-46-34(75-51(44(46)69)78-47-41(66)28(54)14-29(55)45(47)76-50-39(57)43(68)42(67)33(16-53)74-50)18-80-10-8-58-35(63)7-9-79-19-36(64)59-20-1-4-23(26(11-20)48(70)71)37-24-5-2-21(61)12-30(24)72-31-13-22(62)3-6-25(31)37/h1-6,11-13,27-29,32-34,38-47,49-51,60-61,65-69H,7-10,14-19,52-57H2,(H,58,63)(H,59,64)(H,70,71)/t27?,28-,29?,32?,33?,34?,38?,39?,40+,41?,42-,43?,44?,45-,46?,47?,49-,50-,51?/m1/s1.